The van der Waals surface area contributed by atoms with Gasteiger partial charge in [0.15, 0.2) is 5.82 Å². The zero-order chi connectivity index (χ0) is 13.5. The molecule has 0 radical (unpaired) electrons. The van der Waals surface area contributed by atoms with Crippen molar-refractivity contribution >= 4 is 12.4 Å². The molecule has 2 heterocycles. The van der Waals surface area contributed by atoms with Gasteiger partial charge in [0.2, 0.25) is 5.76 Å². The number of nitrogens with two attached hydrogens (primary N) is 1. The Morgan fingerprint density at radius 2 is 1.90 bits per heavy atom. The molecule has 1 aliphatic carbocycles. The van der Waals surface area contributed by atoms with Gasteiger partial charge in [-0.05, 0) is 18.8 Å². The molecule has 2 aromatic heterocycles. The molecule has 1 fully saturated rings. The highest BCUT2D eigenvalue weighted by Crippen LogP contribution is 2.35. The average molecular weight is 299 g/mol. The van der Waals surface area contributed by atoms with Crippen LogP contribution in [-0.2, 0) is 5.54 Å². The highest BCUT2D eigenvalue weighted by atomic mass is 35.5. The summed E-state index contributed by atoms with van der Waals surface area (Å²) < 4.78 is 10.5. The Hall–Kier alpha value is -1.40. The summed E-state index contributed by atoms with van der Waals surface area (Å²) >= 11 is 0. The minimum absolute atomic E-state index is 0. The number of aromatic nitrogens is 3. The van der Waals surface area contributed by atoms with Crippen LogP contribution in [-0.4, -0.2) is 15.3 Å². The van der Waals surface area contributed by atoms with Crippen LogP contribution in [0.15, 0.2) is 15.1 Å². The van der Waals surface area contributed by atoms with Gasteiger partial charge in [-0.15, -0.1) is 12.4 Å². The van der Waals surface area contributed by atoms with Crippen molar-refractivity contribution in [3.05, 3.63) is 17.6 Å². The van der Waals surface area contributed by atoms with E-state index in [1.54, 1.807) is 0 Å². The average Bonchev–Trinajstić information content (AvgIpc) is 3.08. The molecule has 1 aliphatic rings. The van der Waals surface area contributed by atoms with Gasteiger partial charge in [0.05, 0.1) is 11.2 Å². The van der Waals surface area contributed by atoms with Gasteiger partial charge < -0.3 is 14.8 Å². The molecule has 2 aromatic rings. The summed E-state index contributed by atoms with van der Waals surface area (Å²) in [5, 5.41) is 7.98. The Labute approximate surface area is 123 Å². The molecule has 0 spiro atoms. The quantitative estimate of drug-likeness (QED) is 0.936. The van der Waals surface area contributed by atoms with Crippen LogP contribution in [0.3, 0.4) is 0 Å². The first-order valence-electron chi connectivity index (χ1n) is 6.68. The van der Waals surface area contributed by atoms with Crippen LogP contribution >= 0.6 is 12.4 Å². The minimum Gasteiger partial charge on any atom is -0.351 e. The molecule has 2 N–H and O–H groups in total. The molecule has 0 aliphatic heterocycles. The Balaban J connectivity index is 0.00000147. The molecule has 0 bridgehead atoms. The van der Waals surface area contributed by atoms with E-state index in [1.807, 2.05) is 19.9 Å². The molecule has 7 heteroatoms. The number of hydrogen-bond acceptors (Lipinski definition) is 6. The highest BCUT2D eigenvalue weighted by Gasteiger charge is 2.36. The molecule has 20 heavy (non-hydrogen) atoms. The van der Waals surface area contributed by atoms with Gasteiger partial charge in [-0.2, -0.15) is 4.98 Å². The van der Waals surface area contributed by atoms with Crippen molar-refractivity contribution in [3.63, 3.8) is 0 Å². The maximum Gasteiger partial charge on any atom is 0.296 e. The van der Waals surface area contributed by atoms with Crippen molar-refractivity contribution < 1.29 is 9.05 Å². The van der Waals surface area contributed by atoms with E-state index >= 15 is 0 Å². The second-order valence-electron chi connectivity index (χ2n) is 5.56. The van der Waals surface area contributed by atoms with Gasteiger partial charge in [0.25, 0.3) is 5.89 Å². The maximum absolute atomic E-state index is 6.29. The summed E-state index contributed by atoms with van der Waals surface area (Å²) in [5.74, 6) is 1.73. The Kier molecular flexibility index (Phi) is 4.15. The summed E-state index contributed by atoms with van der Waals surface area (Å²) in [6, 6.07) is 1.83. The van der Waals surface area contributed by atoms with Crippen LogP contribution < -0.4 is 5.73 Å². The zero-order valence-electron chi connectivity index (χ0n) is 11.6. The highest BCUT2D eigenvalue weighted by molar-refractivity contribution is 5.85. The van der Waals surface area contributed by atoms with E-state index in [0.717, 1.165) is 31.4 Å². The van der Waals surface area contributed by atoms with Crippen LogP contribution in [0.1, 0.15) is 57.0 Å². The van der Waals surface area contributed by atoms with E-state index in [-0.39, 0.29) is 12.4 Å². The first kappa shape index (κ1) is 15.0. The predicted molar refractivity (Wildman–Crippen MR) is 75.5 cm³/mol. The number of halogens is 1. The molecule has 1 saturated carbocycles. The fourth-order valence-corrected chi connectivity index (χ4v) is 2.42. The van der Waals surface area contributed by atoms with Crippen molar-refractivity contribution in [2.45, 2.75) is 51.0 Å². The molecule has 3 rings (SSSR count). The van der Waals surface area contributed by atoms with Crippen molar-refractivity contribution in [1.82, 2.24) is 15.3 Å². The second-order valence-corrected chi connectivity index (χ2v) is 5.56. The van der Waals surface area contributed by atoms with Crippen LogP contribution in [0.4, 0.5) is 0 Å². The molecular weight excluding hydrogens is 280 g/mol. The lowest BCUT2D eigenvalue weighted by molar-refractivity contribution is 0.358. The summed E-state index contributed by atoms with van der Waals surface area (Å²) in [7, 11) is 0. The van der Waals surface area contributed by atoms with E-state index in [9.17, 15) is 0 Å². The smallest absolute Gasteiger partial charge is 0.296 e. The monoisotopic (exact) mass is 298 g/mol. The van der Waals surface area contributed by atoms with E-state index in [4.69, 9.17) is 14.8 Å². The SMILES string of the molecule is CC(C)c1cc(-c2nc(C3(N)CCCC3)no2)on1.Cl. The summed E-state index contributed by atoms with van der Waals surface area (Å²) in [5.41, 5.74) is 6.73. The molecular formula is C13H19ClN4O2. The number of hydrogen-bond donors (Lipinski definition) is 1. The predicted octanol–water partition coefficient (Wildman–Crippen LogP) is 3.00. The van der Waals surface area contributed by atoms with Crippen molar-refractivity contribution in [3.8, 4) is 11.7 Å². The van der Waals surface area contributed by atoms with Gasteiger partial charge >= 0.3 is 0 Å². The van der Waals surface area contributed by atoms with E-state index in [0.29, 0.717) is 23.4 Å². The zero-order valence-corrected chi connectivity index (χ0v) is 12.4. The van der Waals surface area contributed by atoms with Gasteiger partial charge in [-0.1, -0.05) is 37.0 Å². The van der Waals surface area contributed by atoms with Gasteiger partial charge in [0, 0.05) is 6.07 Å². The molecule has 0 amide bonds. The van der Waals surface area contributed by atoms with Gasteiger partial charge in [0.1, 0.15) is 0 Å². The third-order valence-electron chi connectivity index (χ3n) is 3.70. The van der Waals surface area contributed by atoms with Crippen LogP contribution in [0.2, 0.25) is 0 Å². The summed E-state index contributed by atoms with van der Waals surface area (Å²) in [6.45, 7) is 4.10. The Bertz CT molecular complexity index is 572. The van der Waals surface area contributed by atoms with Crippen LogP contribution in [0.25, 0.3) is 11.7 Å². The molecule has 0 saturated heterocycles. The summed E-state index contributed by atoms with van der Waals surface area (Å²) in [6.07, 6.45) is 4.03. The fourth-order valence-electron chi connectivity index (χ4n) is 2.42. The lowest BCUT2D eigenvalue weighted by atomic mass is 9.99. The largest absolute Gasteiger partial charge is 0.351 e. The molecule has 0 unspecified atom stereocenters. The summed E-state index contributed by atoms with van der Waals surface area (Å²) in [4.78, 5) is 4.37. The topological polar surface area (TPSA) is 91.0 Å². The van der Waals surface area contributed by atoms with Crippen molar-refractivity contribution in [2.75, 3.05) is 0 Å². The van der Waals surface area contributed by atoms with E-state index in [1.165, 1.54) is 0 Å². The van der Waals surface area contributed by atoms with E-state index < -0.39 is 5.54 Å². The second kappa shape index (κ2) is 5.54. The fraction of sp³-hybridized carbons (Fsp3) is 0.615. The van der Waals surface area contributed by atoms with Gasteiger partial charge in [-0.25, -0.2) is 0 Å². The standard InChI is InChI=1S/C13H18N4O2.ClH/c1-8(2)9-7-10(18-16-9)11-15-12(17-19-11)13(14)5-3-4-6-13;/h7-8H,3-6,14H2,1-2H3;1H. The molecule has 110 valence electrons. The lowest BCUT2D eigenvalue weighted by Crippen LogP contribution is -2.34. The molecule has 6 nitrogen and oxygen atoms in total. The number of rotatable bonds is 3. The molecule has 0 aromatic carbocycles. The van der Waals surface area contributed by atoms with Crippen LogP contribution in [0.5, 0.6) is 0 Å². The third kappa shape index (κ3) is 2.58. The first-order valence-corrected chi connectivity index (χ1v) is 6.68. The van der Waals surface area contributed by atoms with Crippen molar-refractivity contribution in [1.29, 1.82) is 0 Å². The molecule has 0 atom stereocenters. The van der Waals surface area contributed by atoms with Crippen molar-refractivity contribution in [2.24, 2.45) is 5.73 Å². The Morgan fingerprint density at radius 3 is 2.50 bits per heavy atom. The van der Waals surface area contributed by atoms with Crippen LogP contribution in [0, 0.1) is 0 Å². The third-order valence-corrected chi connectivity index (χ3v) is 3.70. The number of nitrogens with zero attached hydrogens (tertiary/aromatic N) is 3. The lowest BCUT2D eigenvalue weighted by Gasteiger charge is -2.17. The Morgan fingerprint density at radius 1 is 1.20 bits per heavy atom. The maximum atomic E-state index is 6.29. The van der Waals surface area contributed by atoms with E-state index in [2.05, 4.69) is 15.3 Å². The minimum atomic E-state index is -0.442. The van der Waals surface area contributed by atoms with Gasteiger partial charge in [-0.3, -0.25) is 0 Å². The first-order chi connectivity index (χ1) is 9.08. The normalized spacial score (nSPS) is 17.4.